The number of carboxylic acid groups (broad SMARTS) is 1. The molecule has 33 heavy (non-hydrogen) atoms. The number of hydroxylamine groups is 1. The number of benzene rings is 3. The van der Waals surface area contributed by atoms with E-state index in [0.717, 1.165) is 23.3 Å². The van der Waals surface area contributed by atoms with Gasteiger partial charge in [-0.1, -0.05) is 49.0 Å². The minimum absolute atomic E-state index is 0.0888. The summed E-state index contributed by atoms with van der Waals surface area (Å²) in [6, 6.07) is 17.4. The van der Waals surface area contributed by atoms with Crippen molar-refractivity contribution in [1.82, 2.24) is 5.48 Å². The molecule has 0 aromatic heterocycles. The predicted octanol–water partition coefficient (Wildman–Crippen LogP) is 5.70. The minimum Gasteiger partial charge on any atom is -0.496 e. The number of carbonyl (C=O) groups is 1. The predicted molar refractivity (Wildman–Crippen MR) is 118 cm³/mol. The van der Waals surface area contributed by atoms with Crippen molar-refractivity contribution in [2.75, 3.05) is 7.11 Å². The van der Waals surface area contributed by atoms with E-state index in [1.54, 1.807) is 24.3 Å². The second kappa shape index (κ2) is 10.2. The van der Waals surface area contributed by atoms with Crippen molar-refractivity contribution in [3.8, 4) is 16.9 Å². The molecule has 0 atom stereocenters. The Hall–Kier alpha value is -3.78. The second-order valence-corrected chi connectivity index (χ2v) is 7.25. The van der Waals surface area contributed by atoms with E-state index in [1.807, 2.05) is 18.2 Å². The van der Waals surface area contributed by atoms with Gasteiger partial charge in [-0.25, -0.2) is 0 Å². The molecule has 0 bridgehead atoms. The first-order valence-electron chi connectivity index (χ1n) is 9.89. The van der Waals surface area contributed by atoms with Gasteiger partial charge in [0, 0.05) is 5.56 Å². The lowest BCUT2D eigenvalue weighted by molar-refractivity contribution is -0.138. The Morgan fingerprint density at radius 2 is 1.70 bits per heavy atom. The van der Waals surface area contributed by atoms with Crippen LogP contribution in [-0.2, 0) is 28.8 Å². The van der Waals surface area contributed by atoms with Crippen LogP contribution in [-0.4, -0.2) is 18.2 Å². The molecule has 0 unspecified atom stereocenters. The summed E-state index contributed by atoms with van der Waals surface area (Å²) in [5, 5.41) is 9.03. The van der Waals surface area contributed by atoms with Gasteiger partial charge in [-0.05, 0) is 46.5 Å². The fourth-order valence-corrected chi connectivity index (χ4v) is 3.26. The Morgan fingerprint density at radius 3 is 2.39 bits per heavy atom. The average molecular weight is 457 g/mol. The van der Waals surface area contributed by atoms with Gasteiger partial charge >= 0.3 is 12.1 Å². The molecule has 0 aliphatic heterocycles. The van der Waals surface area contributed by atoms with Gasteiger partial charge in [0.1, 0.15) is 5.75 Å². The number of methoxy groups -OCH3 is 1. The van der Waals surface area contributed by atoms with Crippen LogP contribution in [0.15, 0.2) is 73.3 Å². The number of carboxylic acids is 1. The standard InChI is InChI=1S/C25H22F3NO4/c1-16(29-33-15-18-6-4-8-21(12-18)25(26,27)28)22-14-20(9-10-23(22)32-2)19-7-3-5-17(11-19)13-24(30)31/h3-12,14,29H,1,13,15H2,2H3,(H,30,31). The first kappa shape index (κ1) is 23.9. The molecule has 0 amide bonds. The van der Waals surface area contributed by atoms with Crippen molar-refractivity contribution in [2.24, 2.45) is 0 Å². The molecular formula is C25H22F3NO4. The van der Waals surface area contributed by atoms with Crippen LogP contribution in [0.3, 0.4) is 0 Å². The van der Waals surface area contributed by atoms with Gasteiger partial charge in [-0.15, -0.1) is 0 Å². The lowest BCUT2D eigenvalue weighted by atomic mass is 9.99. The Balaban J connectivity index is 1.74. The van der Waals surface area contributed by atoms with Crippen LogP contribution >= 0.6 is 0 Å². The Labute approximate surface area is 189 Å². The highest BCUT2D eigenvalue weighted by Crippen LogP contribution is 2.31. The molecule has 0 radical (unpaired) electrons. The molecule has 3 aromatic carbocycles. The molecule has 0 fully saturated rings. The molecule has 0 heterocycles. The summed E-state index contributed by atoms with van der Waals surface area (Å²) < 4.78 is 44.0. The second-order valence-electron chi connectivity index (χ2n) is 7.25. The van der Waals surface area contributed by atoms with Gasteiger partial charge in [0.25, 0.3) is 0 Å². The maximum Gasteiger partial charge on any atom is 0.416 e. The Morgan fingerprint density at radius 1 is 1.00 bits per heavy atom. The third-order valence-electron chi connectivity index (χ3n) is 4.83. The summed E-state index contributed by atoms with van der Waals surface area (Å²) in [5.41, 5.74) is 5.48. The van der Waals surface area contributed by atoms with E-state index in [1.165, 1.54) is 19.2 Å². The Bertz CT molecular complexity index is 1160. The fraction of sp³-hybridized carbons (Fsp3) is 0.160. The van der Waals surface area contributed by atoms with Crippen molar-refractivity contribution in [2.45, 2.75) is 19.2 Å². The summed E-state index contributed by atoms with van der Waals surface area (Å²) in [7, 11) is 1.50. The first-order valence-corrected chi connectivity index (χ1v) is 9.89. The molecule has 0 aliphatic carbocycles. The summed E-state index contributed by atoms with van der Waals surface area (Å²) in [6.07, 6.45) is -4.52. The molecule has 172 valence electrons. The van der Waals surface area contributed by atoms with Crippen molar-refractivity contribution in [3.63, 3.8) is 0 Å². The zero-order valence-electron chi connectivity index (χ0n) is 17.8. The quantitative estimate of drug-likeness (QED) is 0.404. The smallest absolute Gasteiger partial charge is 0.416 e. The van der Waals surface area contributed by atoms with Crippen LogP contribution in [0.4, 0.5) is 13.2 Å². The number of halogens is 3. The molecule has 5 nitrogen and oxygen atoms in total. The summed E-state index contributed by atoms with van der Waals surface area (Å²) in [5.74, 6) is -0.404. The maximum atomic E-state index is 12.9. The first-order chi connectivity index (χ1) is 15.7. The number of alkyl halides is 3. The minimum atomic E-state index is -4.43. The highest BCUT2D eigenvalue weighted by Gasteiger charge is 2.30. The molecule has 0 spiro atoms. The fourth-order valence-electron chi connectivity index (χ4n) is 3.26. The van der Waals surface area contributed by atoms with Gasteiger partial charge < -0.3 is 9.84 Å². The maximum absolute atomic E-state index is 12.9. The third-order valence-corrected chi connectivity index (χ3v) is 4.83. The van der Waals surface area contributed by atoms with Crippen LogP contribution in [0.25, 0.3) is 16.8 Å². The average Bonchev–Trinajstić information content (AvgIpc) is 2.78. The number of hydrogen-bond acceptors (Lipinski definition) is 4. The molecule has 8 heteroatoms. The molecule has 0 saturated carbocycles. The number of hydrogen-bond donors (Lipinski definition) is 2. The lowest BCUT2D eigenvalue weighted by Gasteiger charge is -2.15. The molecule has 0 saturated heterocycles. The van der Waals surface area contributed by atoms with Crippen LogP contribution in [0.1, 0.15) is 22.3 Å². The molecule has 2 N–H and O–H groups in total. The van der Waals surface area contributed by atoms with Crippen molar-refractivity contribution in [1.29, 1.82) is 0 Å². The van der Waals surface area contributed by atoms with E-state index in [4.69, 9.17) is 14.7 Å². The normalized spacial score (nSPS) is 11.2. The van der Waals surface area contributed by atoms with E-state index in [2.05, 4.69) is 12.1 Å². The van der Waals surface area contributed by atoms with Crippen molar-refractivity contribution in [3.05, 3.63) is 95.6 Å². The van der Waals surface area contributed by atoms with Crippen molar-refractivity contribution < 1.29 is 32.6 Å². The highest BCUT2D eigenvalue weighted by atomic mass is 19.4. The van der Waals surface area contributed by atoms with Gasteiger partial charge in [-0.3, -0.25) is 15.1 Å². The van der Waals surface area contributed by atoms with E-state index in [0.29, 0.717) is 28.1 Å². The van der Waals surface area contributed by atoms with Crippen LogP contribution in [0.5, 0.6) is 5.75 Å². The SMILES string of the molecule is C=C(NOCc1cccc(C(F)(F)F)c1)c1cc(-c2cccc(CC(=O)O)c2)ccc1OC. The van der Waals surface area contributed by atoms with E-state index in [9.17, 15) is 18.0 Å². The summed E-state index contributed by atoms with van der Waals surface area (Å²) in [6.45, 7) is 3.83. The molecule has 0 aliphatic rings. The van der Waals surface area contributed by atoms with Crippen LogP contribution in [0, 0.1) is 0 Å². The van der Waals surface area contributed by atoms with Crippen LogP contribution < -0.4 is 10.2 Å². The van der Waals surface area contributed by atoms with E-state index >= 15 is 0 Å². The highest BCUT2D eigenvalue weighted by molar-refractivity contribution is 5.76. The topological polar surface area (TPSA) is 67.8 Å². The zero-order chi connectivity index (χ0) is 24.0. The third kappa shape index (κ3) is 6.36. The zero-order valence-corrected chi connectivity index (χ0v) is 17.8. The van der Waals surface area contributed by atoms with Crippen molar-refractivity contribution >= 4 is 11.7 Å². The van der Waals surface area contributed by atoms with E-state index < -0.39 is 17.7 Å². The molecule has 3 rings (SSSR count). The monoisotopic (exact) mass is 457 g/mol. The van der Waals surface area contributed by atoms with Gasteiger partial charge in [0.15, 0.2) is 0 Å². The van der Waals surface area contributed by atoms with Gasteiger partial charge in [-0.2, -0.15) is 13.2 Å². The summed E-state index contributed by atoms with van der Waals surface area (Å²) in [4.78, 5) is 16.4. The summed E-state index contributed by atoms with van der Waals surface area (Å²) >= 11 is 0. The molecular weight excluding hydrogens is 435 g/mol. The number of ether oxygens (including phenoxy) is 1. The van der Waals surface area contributed by atoms with Gasteiger partial charge in [0.2, 0.25) is 0 Å². The largest absolute Gasteiger partial charge is 0.496 e. The number of rotatable bonds is 9. The lowest BCUT2D eigenvalue weighted by Crippen LogP contribution is -2.13. The number of nitrogens with one attached hydrogen (secondary N) is 1. The van der Waals surface area contributed by atoms with Gasteiger partial charge in [0.05, 0.1) is 31.4 Å². The molecule has 3 aromatic rings. The number of aliphatic carboxylic acids is 1. The van der Waals surface area contributed by atoms with Crippen LogP contribution in [0.2, 0.25) is 0 Å². The Kier molecular flexibility index (Phi) is 7.40. The van der Waals surface area contributed by atoms with E-state index in [-0.39, 0.29) is 13.0 Å².